The van der Waals surface area contributed by atoms with E-state index in [0.29, 0.717) is 28.0 Å². The molecule has 0 atom stereocenters. The molecule has 3 aromatic rings. The first kappa shape index (κ1) is 16.5. The van der Waals surface area contributed by atoms with Crippen molar-refractivity contribution in [2.24, 2.45) is 5.73 Å². The number of nitrogens with zero attached hydrogens (tertiary/aromatic N) is 1. The predicted molar refractivity (Wildman–Crippen MR) is 96.3 cm³/mol. The Morgan fingerprint density at radius 2 is 1.79 bits per heavy atom. The van der Waals surface area contributed by atoms with Crippen molar-refractivity contribution in [3.8, 4) is 17.2 Å². The maximum atomic E-state index is 9.92. The molecular weight excluding hydrogens is 372 g/mol. The molecule has 1 aromatic heterocycles. The lowest BCUT2D eigenvalue weighted by atomic mass is 10.1. The van der Waals surface area contributed by atoms with Gasteiger partial charge in [-0.15, -0.1) is 0 Å². The van der Waals surface area contributed by atoms with Crippen LogP contribution in [0.3, 0.4) is 0 Å². The maximum Gasteiger partial charge on any atom is 0.161 e. The Labute approximate surface area is 147 Å². The van der Waals surface area contributed by atoms with Crippen LogP contribution >= 0.6 is 15.9 Å². The standard InChI is InChI=1S/C18H17BrN2O3/c19-17-15(23)6-3-12-2-4-13(21-18(12)17)10-24-16-9-11(7-8-20)1-5-14(16)22/h1-6,9,22-23H,7-8,10,20H2. The molecule has 1 heterocycles. The van der Waals surface area contributed by atoms with Crippen LogP contribution in [0.2, 0.25) is 0 Å². The van der Waals surface area contributed by atoms with Crippen LogP contribution in [-0.2, 0) is 13.0 Å². The third kappa shape index (κ3) is 3.44. The fourth-order valence-electron chi connectivity index (χ4n) is 2.41. The van der Waals surface area contributed by atoms with Crippen LogP contribution in [-0.4, -0.2) is 21.7 Å². The highest BCUT2D eigenvalue weighted by molar-refractivity contribution is 9.10. The Balaban J connectivity index is 1.83. The van der Waals surface area contributed by atoms with E-state index in [9.17, 15) is 10.2 Å². The summed E-state index contributed by atoms with van der Waals surface area (Å²) >= 11 is 3.34. The normalized spacial score (nSPS) is 10.9. The molecule has 0 fully saturated rings. The summed E-state index contributed by atoms with van der Waals surface area (Å²) in [5, 5.41) is 20.6. The molecule has 0 aliphatic heterocycles. The van der Waals surface area contributed by atoms with E-state index in [1.54, 1.807) is 24.3 Å². The van der Waals surface area contributed by atoms with Crippen molar-refractivity contribution in [1.82, 2.24) is 4.98 Å². The molecule has 0 saturated heterocycles. The van der Waals surface area contributed by atoms with E-state index in [1.807, 2.05) is 18.2 Å². The molecular formula is C18H17BrN2O3. The molecule has 6 heteroatoms. The number of fused-ring (bicyclic) bond motifs is 1. The number of hydrogen-bond acceptors (Lipinski definition) is 5. The summed E-state index contributed by atoms with van der Waals surface area (Å²) in [7, 11) is 0. The van der Waals surface area contributed by atoms with Gasteiger partial charge in [-0.1, -0.05) is 12.1 Å². The van der Waals surface area contributed by atoms with Crippen molar-refractivity contribution in [3.05, 3.63) is 58.2 Å². The highest BCUT2D eigenvalue weighted by atomic mass is 79.9. The van der Waals surface area contributed by atoms with Crippen molar-refractivity contribution >= 4 is 26.8 Å². The van der Waals surface area contributed by atoms with Gasteiger partial charge in [-0.05, 0) is 64.8 Å². The first-order valence-corrected chi connectivity index (χ1v) is 8.29. The Morgan fingerprint density at radius 1 is 1.04 bits per heavy atom. The topological polar surface area (TPSA) is 88.6 Å². The lowest BCUT2D eigenvalue weighted by molar-refractivity contribution is 0.285. The molecule has 5 nitrogen and oxygen atoms in total. The number of benzene rings is 2. The van der Waals surface area contributed by atoms with Crippen molar-refractivity contribution < 1.29 is 14.9 Å². The third-order valence-electron chi connectivity index (χ3n) is 3.67. The predicted octanol–water partition coefficient (Wildman–Crippen LogP) is 3.49. The van der Waals surface area contributed by atoms with Crippen LogP contribution in [0.4, 0.5) is 0 Å². The second kappa shape index (κ2) is 7.07. The summed E-state index contributed by atoms with van der Waals surface area (Å²) in [5.41, 5.74) is 7.91. The number of nitrogens with two attached hydrogens (primary N) is 1. The minimum atomic E-state index is 0.0791. The number of aromatic nitrogens is 1. The van der Waals surface area contributed by atoms with Crippen molar-refractivity contribution in [3.63, 3.8) is 0 Å². The summed E-state index contributed by atoms with van der Waals surface area (Å²) in [6, 6.07) is 12.4. The Hall–Kier alpha value is -2.31. The zero-order chi connectivity index (χ0) is 17.1. The average molecular weight is 389 g/mol. The molecule has 2 aromatic carbocycles. The summed E-state index contributed by atoms with van der Waals surface area (Å²) < 4.78 is 6.25. The highest BCUT2D eigenvalue weighted by Gasteiger charge is 2.09. The second-order valence-electron chi connectivity index (χ2n) is 5.40. The fraction of sp³-hybridized carbons (Fsp3) is 0.167. The van der Waals surface area contributed by atoms with Crippen molar-refractivity contribution in [1.29, 1.82) is 0 Å². The number of phenolic OH excluding ortho intramolecular Hbond substituents is 2. The smallest absolute Gasteiger partial charge is 0.161 e. The van der Waals surface area contributed by atoms with Gasteiger partial charge in [0.05, 0.1) is 15.7 Å². The van der Waals surface area contributed by atoms with Gasteiger partial charge >= 0.3 is 0 Å². The van der Waals surface area contributed by atoms with Gasteiger partial charge in [0, 0.05) is 5.39 Å². The summed E-state index contributed by atoms with van der Waals surface area (Å²) in [5.74, 6) is 0.619. The molecule has 0 aliphatic rings. The molecule has 124 valence electrons. The molecule has 0 bridgehead atoms. The van der Waals surface area contributed by atoms with Crippen LogP contribution in [0.1, 0.15) is 11.3 Å². The number of aromatic hydroxyl groups is 2. The number of pyridine rings is 1. The molecule has 0 aliphatic carbocycles. The monoisotopic (exact) mass is 388 g/mol. The SMILES string of the molecule is NCCc1ccc(O)c(OCc2ccc3ccc(O)c(Br)c3n2)c1. The highest BCUT2D eigenvalue weighted by Crippen LogP contribution is 2.32. The fourth-order valence-corrected chi connectivity index (χ4v) is 2.86. The van der Waals surface area contributed by atoms with Crippen LogP contribution in [0.5, 0.6) is 17.2 Å². The Morgan fingerprint density at radius 3 is 2.58 bits per heavy atom. The van der Waals surface area contributed by atoms with Gasteiger partial charge in [-0.3, -0.25) is 0 Å². The van der Waals surface area contributed by atoms with E-state index in [1.165, 1.54) is 0 Å². The lowest BCUT2D eigenvalue weighted by Crippen LogP contribution is -2.03. The van der Waals surface area contributed by atoms with E-state index in [-0.39, 0.29) is 18.1 Å². The van der Waals surface area contributed by atoms with E-state index in [2.05, 4.69) is 20.9 Å². The lowest BCUT2D eigenvalue weighted by Gasteiger charge is -2.10. The minimum absolute atomic E-state index is 0.0791. The van der Waals surface area contributed by atoms with E-state index in [0.717, 1.165) is 17.4 Å². The van der Waals surface area contributed by atoms with Gasteiger partial charge in [-0.2, -0.15) is 0 Å². The zero-order valence-corrected chi connectivity index (χ0v) is 14.5. The van der Waals surface area contributed by atoms with Crippen LogP contribution in [0.25, 0.3) is 10.9 Å². The molecule has 0 radical (unpaired) electrons. The first-order chi connectivity index (χ1) is 11.6. The zero-order valence-electron chi connectivity index (χ0n) is 12.9. The third-order valence-corrected chi connectivity index (χ3v) is 4.45. The Bertz CT molecular complexity index is 884. The molecule has 0 unspecified atom stereocenters. The summed E-state index contributed by atoms with van der Waals surface area (Å²) in [4.78, 5) is 4.51. The minimum Gasteiger partial charge on any atom is -0.507 e. The number of rotatable bonds is 5. The quantitative estimate of drug-likeness (QED) is 0.622. The number of ether oxygens (including phenoxy) is 1. The molecule has 4 N–H and O–H groups in total. The summed E-state index contributed by atoms with van der Waals surface area (Å²) in [6.07, 6.45) is 0.719. The number of phenols is 2. The second-order valence-corrected chi connectivity index (χ2v) is 6.20. The van der Waals surface area contributed by atoms with Gasteiger partial charge < -0.3 is 20.7 Å². The van der Waals surface area contributed by atoms with Crippen LogP contribution in [0, 0.1) is 0 Å². The van der Waals surface area contributed by atoms with Crippen LogP contribution < -0.4 is 10.5 Å². The largest absolute Gasteiger partial charge is 0.507 e. The van der Waals surface area contributed by atoms with Gasteiger partial charge in [0.2, 0.25) is 0 Å². The molecule has 24 heavy (non-hydrogen) atoms. The van der Waals surface area contributed by atoms with Gasteiger partial charge in [0.15, 0.2) is 11.5 Å². The van der Waals surface area contributed by atoms with Gasteiger partial charge in [0.25, 0.3) is 0 Å². The van der Waals surface area contributed by atoms with E-state index in [4.69, 9.17) is 10.5 Å². The average Bonchev–Trinajstić information content (AvgIpc) is 2.59. The van der Waals surface area contributed by atoms with Gasteiger partial charge in [0.1, 0.15) is 12.4 Å². The number of halogens is 1. The molecule has 0 spiro atoms. The van der Waals surface area contributed by atoms with Crippen LogP contribution in [0.15, 0.2) is 46.9 Å². The van der Waals surface area contributed by atoms with Gasteiger partial charge in [-0.25, -0.2) is 4.98 Å². The Kier molecular flexibility index (Phi) is 4.87. The molecule has 0 amide bonds. The molecule has 3 rings (SSSR count). The van der Waals surface area contributed by atoms with Crippen molar-refractivity contribution in [2.45, 2.75) is 13.0 Å². The van der Waals surface area contributed by atoms with Crippen molar-refractivity contribution in [2.75, 3.05) is 6.54 Å². The maximum absolute atomic E-state index is 9.92. The first-order valence-electron chi connectivity index (χ1n) is 7.50. The van der Waals surface area contributed by atoms with E-state index >= 15 is 0 Å². The number of hydrogen-bond donors (Lipinski definition) is 3. The van der Waals surface area contributed by atoms with E-state index < -0.39 is 0 Å². The molecule has 0 saturated carbocycles. The summed E-state index contributed by atoms with van der Waals surface area (Å²) in [6.45, 7) is 0.742.